The summed E-state index contributed by atoms with van der Waals surface area (Å²) < 4.78 is 33.2. The van der Waals surface area contributed by atoms with Crippen LogP contribution < -0.4 is 0 Å². The Kier molecular flexibility index (Phi) is 22.4. The highest BCUT2D eigenvalue weighted by Gasteiger charge is 2.43. The molecule has 58 heavy (non-hydrogen) atoms. The third-order valence-corrected chi connectivity index (χ3v) is 11.3. The number of ether oxygens (including phenoxy) is 4. The van der Waals surface area contributed by atoms with E-state index in [1.807, 2.05) is 32.9 Å². The fourth-order valence-corrected chi connectivity index (χ4v) is 7.41. The first-order chi connectivity index (χ1) is 27.6. The van der Waals surface area contributed by atoms with E-state index in [-0.39, 0.29) is 64.9 Å². The minimum Gasteiger partial charge on any atom is -0.494 e. The largest absolute Gasteiger partial charge is 0.494 e. The molecular weight excluding hydrogens is 736 g/mol. The standard InChI is InChI=1S/C25H34O4.C24H37FO4/c1-17(10-9-11-18(2)16-20-12-7-6-8-13-20)14-15-21-19(3)22(26)24(28-4)25(29-5)23(21)27;1-16(10-8-12-18(3)15-25)9-7-11-17(2)13-14-20-19(4)21(26)23(28-5)24(29-6)22(20)27/h6-8,11-14,19,21,23,27H,9-10,15-16H2,1-5H3;9,12-13,19-20,22,27H,7-8,10-11,14-15H2,1-6H3/b17-14+,18-11+;16-9+,17-13+,18-12+. The number of aliphatic hydroxyl groups is 2. The summed E-state index contributed by atoms with van der Waals surface area (Å²) in [5.74, 6) is -0.567. The molecule has 0 fully saturated rings. The molecule has 9 heteroatoms. The molecule has 2 aliphatic rings. The average molecular weight is 807 g/mol. The first-order valence-corrected chi connectivity index (χ1v) is 20.6. The molecule has 322 valence electrons. The van der Waals surface area contributed by atoms with Gasteiger partial charge in [0.05, 0.1) is 28.4 Å². The van der Waals surface area contributed by atoms with Gasteiger partial charge in [0.2, 0.25) is 23.1 Å². The topological polar surface area (TPSA) is 112 Å². The third kappa shape index (κ3) is 15.2. The van der Waals surface area contributed by atoms with E-state index >= 15 is 0 Å². The van der Waals surface area contributed by atoms with Crippen LogP contribution in [0.25, 0.3) is 0 Å². The van der Waals surface area contributed by atoms with E-state index in [0.29, 0.717) is 12.8 Å². The van der Waals surface area contributed by atoms with E-state index in [9.17, 15) is 24.2 Å². The van der Waals surface area contributed by atoms with E-state index in [4.69, 9.17) is 18.9 Å². The van der Waals surface area contributed by atoms with Gasteiger partial charge in [-0.15, -0.1) is 0 Å². The molecule has 3 rings (SSSR count). The van der Waals surface area contributed by atoms with Crippen molar-refractivity contribution in [2.75, 3.05) is 35.1 Å². The van der Waals surface area contributed by atoms with Crippen LogP contribution in [0.3, 0.4) is 0 Å². The molecule has 1 aromatic carbocycles. The van der Waals surface area contributed by atoms with Gasteiger partial charge in [0, 0.05) is 23.7 Å². The van der Waals surface area contributed by atoms with Crippen molar-refractivity contribution in [2.45, 2.75) is 118 Å². The number of carbonyl (C=O) groups is 2. The highest BCUT2D eigenvalue weighted by Crippen LogP contribution is 2.37. The Hall–Kier alpha value is -4.21. The molecule has 8 nitrogen and oxygen atoms in total. The number of Topliss-reactive ketones (excluding diaryl/α,β-unsaturated/α-hetero) is 2. The summed E-state index contributed by atoms with van der Waals surface area (Å²) in [7, 11) is 5.76. The molecular formula is C49H71FO8. The minimum atomic E-state index is -0.852. The van der Waals surface area contributed by atoms with Gasteiger partial charge >= 0.3 is 0 Å². The summed E-state index contributed by atoms with van der Waals surface area (Å²) in [6.07, 6.45) is 16.9. The van der Waals surface area contributed by atoms with Crippen molar-refractivity contribution >= 4 is 11.6 Å². The lowest BCUT2D eigenvalue weighted by atomic mass is 9.77. The Morgan fingerprint density at radius 1 is 0.586 bits per heavy atom. The fraction of sp³-hybridized carbons (Fsp3) is 0.551. The second-order valence-electron chi connectivity index (χ2n) is 15.9. The summed E-state index contributed by atoms with van der Waals surface area (Å²) in [4.78, 5) is 25.0. The minimum absolute atomic E-state index is 0.106. The van der Waals surface area contributed by atoms with Crippen LogP contribution in [-0.2, 0) is 35.0 Å². The number of aliphatic hydroxyl groups excluding tert-OH is 2. The van der Waals surface area contributed by atoms with Crippen LogP contribution in [-0.4, -0.2) is 69.1 Å². The zero-order valence-electron chi connectivity index (χ0n) is 37.0. The number of carbonyl (C=O) groups excluding carboxylic acids is 2. The maximum Gasteiger partial charge on any atom is 0.204 e. The number of hydrogen-bond acceptors (Lipinski definition) is 8. The number of halogens is 1. The molecule has 2 N–H and O–H groups in total. The van der Waals surface area contributed by atoms with Gasteiger partial charge < -0.3 is 29.2 Å². The number of alkyl halides is 1. The zero-order chi connectivity index (χ0) is 43.4. The van der Waals surface area contributed by atoms with Crippen LogP contribution in [0.15, 0.2) is 112 Å². The van der Waals surface area contributed by atoms with Crippen LogP contribution in [0.4, 0.5) is 4.39 Å². The Morgan fingerprint density at radius 3 is 1.34 bits per heavy atom. The number of hydrogen-bond donors (Lipinski definition) is 2. The Morgan fingerprint density at radius 2 is 0.966 bits per heavy atom. The van der Waals surface area contributed by atoms with Crippen LogP contribution in [0.2, 0.25) is 0 Å². The van der Waals surface area contributed by atoms with Gasteiger partial charge in [-0.3, -0.25) is 9.59 Å². The van der Waals surface area contributed by atoms with Gasteiger partial charge in [-0.25, -0.2) is 4.39 Å². The van der Waals surface area contributed by atoms with Crippen molar-refractivity contribution in [3.63, 3.8) is 0 Å². The molecule has 0 radical (unpaired) electrons. The molecule has 0 amide bonds. The maximum absolute atomic E-state index is 12.5. The molecule has 6 atom stereocenters. The number of allylic oxidation sites excluding steroid dienone is 12. The monoisotopic (exact) mass is 807 g/mol. The molecule has 0 spiro atoms. The number of ketones is 2. The van der Waals surface area contributed by atoms with Crippen molar-refractivity contribution in [3.05, 3.63) is 117 Å². The van der Waals surface area contributed by atoms with Gasteiger partial charge in [0.25, 0.3) is 0 Å². The van der Waals surface area contributed by atoms with Crippen molar-refractivity contribution in [1.82, 2.24) is 0 Å². The molecule has 1 aromatic rings. The fourth-order valence-electron chi connectivity index (χ4n) is 7.41. The molecule has 0 heterocycles. The van der Waals surface area contributed by atoms with Crippen molar-refractivity contribution in [2.24, 2.45) is 23.7 Å². The molecule has 2 aliphatic carbocycles. The van der Waals surface area contributed by atoms with E-state index in [1.165, 1.54) is 56.3 Å². The second-order valence-corrected chi connectivity index (χ2v) is 15.9. The molecule has 6 unspecified atom stereocenters. The van der Waals surface area contributed by atoms with Crippen molar-refractivity contribution < 1.29 is 43.1 Å². The summed E-state index contributed by atoms with van der Waals surface area (Å²) in [5, 5.41) is 21.3. The quantitative estimate of drug-likeness (QED) is 0.125. The predicted octanol–water partition coefficient (Wildman–Crippen LogP) is 10.4. The predicted molar refractivity (Wildman–Crippen MR) is 231 cm³/mol. The van der Waals surface area contributed by atoms with E-state index in [0.717, 1.165) is 50.5 Å². The zero-order valence-corrected chi connectivity index (χ0v) is 37.0. The van der Waals surface area contributed by atoms with Gasteiger partial charge in [-0.2, -0.15) is 0 Å². The highest BCUT2D eigenvalue weighted by atomic mass is 19.1. The normalized spacial score (nSPS) is 23.8. The van der Waals surface area contributed by atoms with Gasteiger partial charge in [-0.1, -0.05) is 96.9 Å². The van der Waals surface area contributed by atoms with Gasteiger partial charge in [0.1, 0.15) is 18.9 Å². The Bertz CT molecular complexity index is 1700. The van der Waals surface area contributed by atoms with Crippen LogP contribution in [0.1, 0.15) is 105 Å². The van der Waals surface area contributed by atoms with Crippen LogP contribution in [0.5, 0.6) is 0 Å². The SMILES string of the molecule is COC1=C(OC)C(O)C(C/C=C(\C)CC/C=C(\C)CC/C=C(\C)CF)C(C)C1=O.COC1=C(OC)C(O)C(C/C=C(\C)CC/C=C(\C)Cc2ccccc2)C(C)C1=O. The number of methoxy groups -OCH3 is 4. The number of rotatable bonds is 20. The third-order valence-electron chi connectivity index (χ3n) is 11.3. The van der Waals surface area contributed by atoms with Crippen LogP contribution >= 0.6 is 0 Å². The molecule has 0 bridgehead atoms. The van der Waals surface area contributed by atoms with Gasteiger partial charge in [-0.05, 0) is 104 Å². The second kappa shape index (κ2) is 26.0. The molecule has 0 saturated heterocycles. The molecule has 0 aromatic heterocycles. The van der Waals surface area contributed by atoms with E-state index in [2.05, 4.69) is 76.3 Å². The Labute approximate surface area is 348 Å². The van der Waals surface area contributed by atoms with Crippen molar-refractivity contribution in [1.29, 1.82) is 0 Å². The maximum atomic E-state index is 12.5. The number of benzene rings is 1. The molecule has 0 aliphatic heterocycles. The lowest BCUT2D eigenvalue weighted by Gasteiger charge is -2.33. The summed E-state index contributed by atoms with van der Waals surface area (Å²) in [6, 6.07) is 10.5. The Balaban J connectivity index is 0.000000400. The average Bonchev–Trinajstić information content (AvgIpc) is 3.20. The van der Waals surface area contributed by atoms with Gasteiger partial charge in [0.15, 0.2) is 11.5 Å². The molecule has 0 saturated carbocycles. The summed E-state index contributed by atoms with van der Waals surface area (Å²) in [5.41, 5.74) is 7.29. The lowest BCUT2D eigenvalue weighted by molar-refractivity contribution is -0.128. The van der Waals surface area contributed by atoms with E-state index in [1.54, 1.807) is 0 Å². The first-order valence-electron chi connectivity index (χ1n) is 20.6. The van der Waals surface area contributed by atoms with Crippen molar-refractivity contribution in [3.8, 4) is 0 Å². The lowest BCUT2D eigenvalue weighted by Crippen LogP contribution is -2.40. The summed E-state index contributed by atoms with van der Waals surface area (Å²) >= 11 is 0. The summed E-state index contributed by atoms with van der Waals surface area (Å²) in [6.45, 7) is 13.6. The van der Waals surface area contributed by atoms with Crippen LogP contribution in [0, 0.1) is 23.7 Å². The smallest absolute Gasteiger partial charge is 0.204 e. The van der Waals surface area contributed by atoms with E-state index < -0.39 is 12.2 Å². The first kappa shape index (κ1) is 49.9. The highest BCUT2D eigenvalue weighted by molar-refractivity contribution is 5.97.